The molecule has 0 bridgehead atoms. The molecule has 1 N–H and O–H groups in total. The summed E-state index contributed by atoms with van der Waals surface area (Å²) < 4.78 is 13.1. The lowest BCUT2D eigenvalue weighted by Gasteiger charge is -2.36. The number of rotatable bonds is 7. The van der Waals surface area contributed by atoms with Gasteiger partial charge in [0.1, 0.15) is 11.9 Å². The van der Waals surface area contributed by atoms with Crippen LogP contribution >= 0.6 is 0 Å². The Bertz CT molecular complexity index is 941. The van der Waals surface area contributed by atoms with E-state index in [1.807, 2.05) is 43.3 Å². The zero-order valence-corrected chi connectivity index (χ0v) is 18.6. The third-order valence-corrected chi connectivity index (χ3v) is 6.36. The van der Waals surface area contributed by atoms with Gasteiger partial charge in [0, 0.05) is 56.9 Å². The molecule has 0 aromatic heterocycles. The van der Waals surface area contributed by atoms with E-state index in [0.717, 1.165) is 56.1 Å². The van der Waals surface area contributed by atoms with Crippen LogP contribution in [0.15, 0.2) is 48.5 Å². The van der Waals surface area contributed by atoms with E-state index in [2.05, 4.69) is 15.1 Å². The second kappa shape index (κ2) is 10.1. The molecular weight excluding hydrogens is 407 g/mol. The molecule has 7 heteroatoms. The molecule has 170 valence electrons. The maximum atomic E-state index is 13.1. The predicted octanol–water partition coefficient (Wildman–Crippen LogP) is 2.82. The van der Waals surface area contributed by atoms with Crippen molar-refractivity contribution >= 4 is 23.2 Å². The molecule has 0 aliphatic carbocycles. The molecule has 1 atom stereocenters. The number of nitrogens with one attached hydrogen (secondary N) is 1. The summed E-state index contributed by atoms with van der Waals surface area (Å²) in [5.41, 5.74) is 2.97. The highest BCUT2D eigenvalue weighted by atomic mass is 19.1. The minimum Gasteiger partial charge on any atom is -0.369 e. The summed E-state index contributed by atoms with van der Waals surface area (Å²) >= 11 is 0. The standard InChI is InChI=1S/C25H31FN4O2/c1-2-24(31)30-22-7-4-3-6-19(22)18-23(30)25(32)27-12-5-13-28-14-16-29(17-15-28)21-10-8-20(26)9-11-21/h3-4,6-11,23H,2,5,12-18H2,1H3,(H,27,32)/t23-/m0/s1. The Hall–Kier alpha value is -2.93. The van der Waals surface area contributed by atoms with Crippen LogP contribution in [0.5, 0.6) is 0 Å². The van der Waals surface area contributed by atoms with Crippen LogP contribution in [0.4, 0.5) is 15.8 Å². The van der Waals surface area contributed by atoms with Gasteiger partial charge in [-0.1, -0.05) is 25.1 Å². The first-order valence-corrected chi connectivity index (χ1v) is 11.5. The number of fused-ring (bicyclic) bond motifs is 1. The van der Waals surface area contributed by atoms with Crippen molar-refractivity contribution in [1.29, 1.82) is 0 Å². The molecule has 0 unspecified atom stereocenters. The normalized spacial score (nSPS) is 18.5. The van der Waals surface area contributed by atoms with Crippen molar-refractivity contribution in [3.8, 4) is 0 Å². The summed E-state index contributed by atoms with van der Waals surface area (Å²) in [6.07, 6.45) is 1.81. The van der Waals surface area contributed by atoms with Gasteiger partial charge in [-0.3, -0.25) is 19.4 Å². The molecule has 2 aliphatic heterocycles. The molecule has 6 nitrogen and oxygen atoms in total. The summed E-state index contributed by atoms with van der Waals surface area (Å²) in [5.74, 6) is -0.309. The number of piperazine rings is 1. The quantitative estimate of drug-likeness (QED) is 0.676. The first-order valence-electron chi connectivity index (χ1n) is 11.5. The van der Waals surface area contributed by atoms with Gasteiger partial charge < -0.3 is 10.2 Å². The van der Waals surface area contributed by atoms with E-state index in [0.29, 0.717) is 19.4 Å². The third-order valence-electron chi connectivity index (χ3n) is 6.36. The number of halogens is 1. The molecule has 0 radical (unpaired) electrons. The molecule has 2 heterocycles. The van der Waals surface area contributed by atoms with Crippen LogP contribution in [0.2, 0.25) is 0 Å². The highest BCUT2D eigenvalue weighted by Crippen LogP contribution is 2.32. The molecule has 1 saturated heterocycles. The maximum Gasteiger partial charge on any atom is 0.243 e. The smallest absolute Gasteiger partial charge is 0.243 e. The summed E-state index contributed by atoms with van der Waals surface area (Å²) in [5, 5.41) is 3.04. The number of hydrogen-bond acceptors (Lipinski definition) is 4. The van der Waals surface area contributed by atoms with E-state index in [1.54, 1.807) is 4.90 Å². The number of amides is 2. The van der Waals surface area contributed by atoms with Crippen molar-refractivity contribution in [2.45, 2.75) is 32.2 Å². The zero-order valence-electron chi connectivity index (χ0n) is 18.6. The second-order valence-corrected chi connectivity index (χ2v) is 8.42. The molecule has 2 aromatic carbocycles. The van der Waals surface area contributed by atoms with E-state index in [-0.39, 0.29) is 17.6 Å². The van der Waals surface area contributed by atoms with Gasteiger partial charge in [0.25, 0.3) is 0 Å². The highest BCUT2D eigenvalue weighted by molar-refractivity contribution is 6.03. The third kappa shape index (κ3) is 4.93. The Morgan fingerprint density at radius 1 is 1.03 bits per heavy atom. The molecule has 2 amide bonds. The van der Waals surface area contributed by atoms with Crippen molar-refractivity contribution in [1.82, 2.24) is 10.2 Å². The Morgan fingerprint density at radius 3 is 2.47 bits per heavy atom. The van der Waals surface area contributed by atoms with Gasteiger partial charge in [-0.15, -0.1) is 0 Å². The number of nitrogens with zero attached hydrogens (tertiary/aromatic N) is 3. The van der Waals surface area contributed by atoms with Crippen molar-refractivity contribution in [3.63, 3.8) is 0 Å². The van der Waals surface area contributed by atoms with E-state index in [4.69, 9.17) is 0 Å². The maximum absolute atomic E-state index is 13.1. The zero-order chi connectivity index (χ0) is 22.5. The first kappa shape index (κ1) is 22.3. The Labute approximate surface area is 189 Å². The van der Waals surface area contributed by atoms with Gasteiger partial charge >= 0.3 is 0 Å². The fourth-order valence-electron chi connectivity index (χ4n) is 4.59. The average molecular weight is 439 g/mol. The van der Waals surface area contributed by atoms with Crippen LogP contribution in [0.1, 0.15) is 25.3 Å². The SMILES string of the molecule is CCC(=O)N1c2ccccc2C[C@H]1C(=O)NCCCN1CCN(c2ccc(F)cc2)CC1. The van der Waals surface area contributed by atoms with Gasteiger partial charge in [0.2, 0.25) is 11.8 Å². The topological polar surface area (TPSA) is 55.9 Å². The monoisotopic (exact) mass is 438 g/mol. The largest absolute Gasteiger partial charge is 0.369 e. The van der Waals surface area contributed by atoms with Crippen molar-refractivity contribution in [2.24, 2.45) is 0 Å². The number of anilines is 2. The van der Waals surface area contributed by atoms with E-state index in [9.17, 15) is 14.0 Å². The van der Waals surface area contributed by atoms with E-state index in [1.165, 1.54) is 12.1 Å². The van der Waals surface area contributed by atoms with Crippen LogP contribution < -0.4 is 15.1 Å². The Balaban J connectivity index is 1.21. The molecule has 32 heavy (non-hydrogen) atoms. The van der Waals surface area contributed by atoms with Crippen molar-refractivity contribution in [2.75, 3.05) is 49.1 Å². The summed E-state index contributed by atoms with van der Waals surface area (Å²) in [6.45, 7) is 7.05. The minimum absolute atomic E-state index is 0.0193. The van der Waals surface area contributed by atoms with Crippen molar-refractivity contribution in [3.05, 3.63) is 59.9 Å². The molecule has 2 aliphatic rings. The number of carbonyl (C=O) groups excluding carboxylic acids is 2. The Kier molecular flexibility index (Phi) is 7.05. The summed E-state index contributed by atoms with van der Waals surface area (Å²) in [4.78, 5) is 31.7. The molecule has 0 spiro atoms. The lowest BCUT2D eigenvalue weighted by atomic mass is 10.1. The fraction of sp³-hybridized carbons (Fsp3) is 0.440. The number of hydrogen-bond donors (Lipinski definition) is 1. The summed E-state index contributed by atoms with van der Waals surface area (Å²) in [7, 11) is 0. The summed E-state index contributed by atoms with van der Waals surface area (Å²) in [6, 6.07) is 14.0. The highest BCUT2D eigenvalue weighted by Gasteiger charge is 2.37. The number of para-hydroxylation sites is 1. The van der Waals surface area contributed by atoms with Gasteiger partial charge in [0.15, 0.2) is 0 Å². The Morgan fingerprint density at radius 2 is 1.75 bits per heavy atom. The van der Waals surface area contributed by atoms with E-state index < -0.39 is 6.04 Å². The molecule has 0 saturated carbocycles. The lowest BCUT2D eigenvalue weighted by molar-refractivity contribution is -0.126. The second-order valence-electron chi connectivity index (χ2n) is 8.42. The van der Waals surface area contributed by atoms with Crippen molar-refractivity contribution < 1.29 is 14.0 Å². The van der Waals surface area contributed by atoms with Gasteiger partial charge in [-0.05, 0) is 48.9 Å². The van der Waals surface area contributed by atoms with Gasteiger partial charge in [0.05, 0.1) is 0 Å². The van der Waals surface area contributed by atoms with Crippen LogP contribution in [0, 0.1) is 5.82 Å². The molecule has 1 fully saturated rings. The predicted molar refractivity (Wildman–Crippen MR) is 124 cm³/mol. The first-order chi connectivity index (χ1) is 15.6. The fourth-order valence-corrected chi connectivity index (χ4v) is 4.59. The minimum atomic E-state index is -0.459. The van der Waals surface area contributed by atoms with Crippen LogP contribution in [-0.2, 0) is 16.0 Å². The van der Waals surface area contributed by atoms with Gasteiger partial charge in [-0.25, -0.2) is 4.39 Å². The van der Waals surface area contributed by atoms with E-state index >= 15 is 0 Å². The number of carbonyl (C=O) groups is 2. The lowest BCUT2D eigenvalue weighted by Crippen LogP contribution is -2.49. The number of benzene rings is 2. The molecular formula is C25H31FN4O2. The average Bonchev–Trinajstić information content (AvgIpc) is 3.22. The van der Waals surface area contributed by atoms with Gasteiger partial charge in [-0.2, -0.15) is 0 Å². The molecule has 4 rings (SSSR count). The van der Waals surface area contributed by atoms with Crippen LogP contribution in [-0.4, -0.2) is 62.0 Å². The van der Waals surface area contributed by atoms with Crippen LogP contribution in [0.3, 0.4) is 0 Å². The van der Waals surface area contributed by atoms with Crippen LogP contribution in [0.25, 0.3) is 0 Å². The molecule has 2 aromatic rings.